The molecule has 0 unspecified atom stereocenters. The Hall–Kier alpha value is -0.890. The van der Waals surface area contributed by atoms with Crippen molar-refractivity contribution in [2.45, 2.75) is 6.42 Å². The van der Waals surface area contributed by atoms with Crippen molar-refractivity contribution >= 4 is 17.3 Å². The summed E-state index contributed by atoms with van der Waals surface area (Å²) in [5.41, 5.74) is 1.03. The van der Waals surface area contributed by atoms with E-state index in [-0.39, 0.29) is 5.75 Å². The van der Waals surface area contributed by atoms with Crippen molar-refractivity contribution in [3.05, 3.63) is 23.2 Å². The van der Waals surface area contributed by atoms with E-state index in [0.717, 1.165) is 18.8 Å². The fourth-order valence-electron chi connectivity index (χ4n) is 1.31. The summed E-state index contributed by atoms with van der Waals surface area (Å²) in [5, 5.41) is 9.74. The Labute approximate surface area is 76.4 Å². The van der Waals surface area contributed by atoms with Crippen molar-refractivity contribution in [1.29, 1.82) is 0 Å². The number of hydrogen-bond acceptors (Lipinski definition) is 2. The summed E-state index contributed by atoms with van der Waals surface area (Å²) in [6.45, 7) is 2.15. The third-order valence-corrected chi connectivity index (χ3v) is 2.43. The number of phenols is 1. The third-order valence-electron chi connectivity index (χ3n) is 2.13. The molecule has 0 saturated carbocycles. The number of nitrogens with zero attached hydrogens (tertiary/aromatic N) is 1. The summed E-state index contributed by atoms with van der Waals surface area (Å²) in [6, 6.07) is 5.10. The predicted octanol–water partition coefficient (Wildman–Crippen LogP) is 2.26. The second-order valence-electron chi connectivity index (χ2n) is 2.98. The highest BCUT2D eigenvalue weighted by Gasteiger charge is 2.16. The van der Waals surface area contributed by atoms with Gasteiger partial charge in [0.05, 0.1) is 10.7 Å². The number of rotatable bonds is 1. The Morgan fingerprint density at radius 2 is 2.08 bits per heavy atom. The van der Waals surface area contributed by atoms with Crippen molar-refractivity contribution in [3.63, 3.8) is 0 Å². The van der Waals surface area contributed by atoms with Gasteiger partial charge in [0.25, 0.3) is 0 Å². The third kappa shape index (κ3) is 1.23. The van der Waals surface area contributed by atoms with Crippen molar-refractivity contribution in [2.75, 3.05) is 18.0 Å². The summed E-state index contributed by atoms with van der Waals surface area (Å²) in [6.07, 6.45) is 1.23. The number of halogens is 1. The number of anilines is 1. The van der Waals surface area contributed by atoms with Gasteiger partial charge in [0, 0.05) is 19.2 Å². The fourth-order valence-corrected chi connectivity index (χ4v) is 1.60. The van der Waals surface area contributed by atoms with Crippen LogP contribution >= 0.6 is 11.6 Å². The molecule has 64 valence electrons. The number of benzene rings is 1. The molecule has 2 rings (SSSR count). The second kappa shape index (κ2) is 2.87. The van der Waals surface area contributed by atoms with E-state index in [1.807, 2.05) is 6.07 Å². The van der Waals surface area contributed by atoms with E-state index < -0.39 is 0 Å². The van der Waals surface area contributed by atoms with Crippen molar-refractivity contribution in [3.8, 4) is 5.75 Å². The van der Waals surface area contributed by atoms with Gasteiger partial charge in [-0.05, 0) is 18.6 Å². The lowest BCUT2D eigenvalue weighted by Gasteiger charge is -2.33. The maximum absolute atomic E-state index is 9.11. The topological polar surface area (TPSA) is 23.5 Å². The normalized spacial score (nSPS) is 15.9. The highest BCUT2D eigenvalue weighted by atomic mass is 35.5. The molecular weight excluding hydrogens is 174 g/mol. The zero-order valence-corrected chi connectivity index (χ0v) is 7.38. The van der Waals surface area contributed by atoms with E-state index in [4.69, 9.17) is 16.7 Å². The molecule has 0 radical (unpaired) electrons. The predicted molar refractivity (Wildman–Crippen MR) is 49.9 cm³/mol. The molecule has 0 amide bonds. The van der Waals surface area contributed by atoms with E-state index in [0.29, 0.717) is 5.02 Å². The summed E-state index contributed by atoms with van der Waals surface area (Å²) < 4.78 is 0. The molecule has 1 aromatic rings. The summed E-state index contributed by atoms with van der Waals surface area (Å²) in [7, 11) is 0. The van der Waals surface area contributed by atoms with Crippen LogP contribution in [0.15, 0.2) is 18.2 Å². The van der Waals surface area contributed by atoms with Gasteiger partial charge in [-0.2, -0.15) is 0 Å². The van der Waals surface area contributed by atoms with Crippen LogP contribution in [-0.4, -0.2) is 18.2 Å². The maximum atomic E-state index is 9.11. The van der Waals surface area contributed by atoms with Gasteiger partial charge in [-0.15, -0.1) is 0 Å². The molecule has 0 aromatic heterocycles. The van der Waals surface area contributed by atoms with Crippen LogP contribution in [0.25, 0.3) is 0 Å². The van der Waals surface area contributed by atoms with Crippen molar-refractivity contribution in [2.24, 2.45) is 0 Å². The molecule has 0 aliphatic carbocycles. The van der Waals surface area contributed by atoms with Gasteiger partial charge in [-0.1, -0.05) is 11.6 Å². The molecule has 1 saturated heterocycles. The van der Waals surface area contributed by atoms with Crippen LogP contribution in [0, 0.1) is 0 Å². The lowest BCUT2D eigenvalue weighted by atomic mass is 10.2. The molecule has 1 aliphatic heterocycles. The van der Waals surface area contributed by atoms with Crippen LogP contribution in [0.4, 0.5) is 5.69 Å². The molecule has 0 bridgehead atoms. The Bertz CT molecular complexity index is 297. The summed E-state index contributed by atoms with van der Waals surface area (Å²) in [4.78, 5) is 2.20. The molecule has 1 N–H and O–H groups in total. The standard InChI is InChI=1S/C9H10ClNO/c10-8-6-7(12)2-3-9(8)11-4-1-5-11/h2-3,6,12H,1,4-5H2. The smallest absolute Gasteiger partial charge is 0.117 e. The molecule has 1 fully saturated rings. The molecule has 12 heavy (non-hydrogen) atoms. The minimum atomic E-state index is 0.226. The molecule has 2 nitrogen and oxygen atoms in total. The first-order valence-electron chi connectivity index (χ1n) is 4.01. The highest BCUT2D eigenvalue weighted by molar-refractivity contribution is 6.33. The zero-order valence-electron chi connectivity index (χ0n) is 6.63. The maximum Gasteiger partial charge on any atom is 0.117 e. The first kappa shape index (κ1) is 7.74. The van der Waals surface area contributed by atoms with Crippen LogP contribution in [0.2, 0.25) is 5.02 Å². The van der Waals surface area contributed by atoms with E-state index in [2.05, 4.69) is 4.90 Å². The van der Waals surface area contributed by atoms with Gasteiger partial charge in [0.15, 0.2) is 0 Å². The van der Waals surface area contributed by atoms with E-state index >= 15 is 0 Å². The van der Waals surface area contributed by atoms with Gasteiger partial charge < -0.3 is 10.0 Å². The number of hydrogen-bond donors (Lipinski definition) is 1. The minimum Gasteiger partial charge on any atom is -0.508 e. The first-order chi connectivity index (χ1) is 5.77. The largest absolute Gasteiger partial charge is 0.508 e. The van der Waals surface area contributed by atoms with Crippen LogP contribution in [0.3, 0.4) is 0 Å². The lowest BCUT2D eigenvalue weighted by Crippen LogP contribution is -2.37. The average molecular weight is 184 g/mol. The lowest BCUT2D eigenvalue weighted by molar-refractivity contribution is 0.475. The quantitative estimate of drug-likeness (QED) is 0.722. The molecule has 0 atom stereocenters. The first-order valence-corrected chi connectivity index (χ1v) is 4.38. The summed E-state index contributed by atoms with van der Waals surface area (Å²) >= 11 is 5.94. The SMILES string of the molecule is Oc1ccc(N2CCC2)c(Cl)c1. The van der Waals surface area contributed by atoms with Gasteiger partial charge in [-0.3, -0.25) is 0 Å². The zero-order chi connectivity index (χ0) is 8.55. The highest BCUT2D eigenvalue weighted by Crippen LogP contribution is 2.31. The molecule has 1 aromatic carbocycles. The second-order valence-corrected chi connectivity index (χ2v) is 3.38. The molecule has 1 heterocycles. The number of aromatic hydroxyl groups is 1. The molecule has 0 spiro atoms. The van der Waals surface area contributed by atoms with E-state index in [1.165, 1.54) is 6.42 Å². The van der Waals surface area contributed by atoms with Gasteiger partial charge in [-0.25, -0.2) is 0 Å². The summed E-state index contributed by atoms with van der Waals surface area (Å²) in [5.74, 6) is 0.226. The van der Waals surface area contributed by atoms with Gasteiger partial charge >= 0.3 is 0 Å². The fraction of sp³-hybridized carbons (Fsp3) is 0.333. The van der Waals surface area contributed by atoms with Gasteiger partial charge in [0.1, 0.15) is 5.75 Å². The Kier molecular flexibility index (Phi) is 1.85. The molecular formula is C9H10ClNO. The van der Waals surface area contributed by atoms with E-state index in [1.54, 1.807) is 12.1 Å². The van der Waals surface area contributed by atoms with Crippen LogP contribution in [0.1, 0.15) is 6.42 Å². The monoisotopic (exact) mass is 183 g/mol. The van der Waals surface area contributed by atoms with Gasteiger partial charge in [0.2, 0.25) is 0 Å². The molecule has 1 aliphatic rings. The minimum absolute atomic E-state index is 0.226. The Morgan fingerprint density at radius 3 is 2.58 bits per heavy atom. The average Bonchev–Trinajstić information content (AvgIpc) is 1.91. The van der Waals surface area contributed by atoms with Crippen LogP contribution in [0.5, 0.6) is 5.75 Å². The van der Waals surface area contributed by atoms with Crippen LogP contribution < -0.4 is 4.90 Å². The van der Waals surface area contributed by atoms with E-state index in [9.17, 15) is 0 Å². The Balaban J connectivity index is 2.31. The molecule has 3 heteroatoms. The van der Waals surface area contributed by atoms with Crippen molar-refractivity contribution in [1.82, 2.24) is 0 Å². The van der Waals surface area contributed by atoms with Crippen molar-refractivity contribution < 1.29 is 5.11 Å². The van der Waals surface area contributed by atoms with Crippen LogP contribution in [-0.2, 0) is 0 Å². The Morgan fingerprint density at radius 1 is 1.33 bits per heavy atom. The number of phenolic OH excluding ortho intramolecular Hbond substituents is 1.